The molecule has 4 nitrogen and oxygen atoms in total. The monoisotopic (exact) mass is 421 g/mol. The van der Waals surface area contributed by atoms with Gasteiger partial charge in [-0.15, -0.1) is 11.3 Å². The fraction of sp³-hybridized carbons (Fsp3) is 0.263. The molecule has 0 saturated carbocycles. The van der Waals surface area contributed by atoms with E-state index in [-0.39, 0.29) is 12.5 Å². The molecule has 132 valence electrons. The molecule has 1 aromatic carbocycles. The Bertz CT molecular complexity index is 737. The Morgan fingerprint density at radius 1 is 1.20 bits per heavy atom. The molecule has 2 rings (SSSR count). The molecule has 0 aliphatic heterocycles. The number of rotatable bonds is 8. The standard InChI is InChI=1S/C19H20BrNO3S/c1-14-2-4-15(5-3-14)6-10-18(22)21-12-13-24-19(23)11-8-16-7-9-17(20)25-16/h2-5,7-9,11H,6,10,12-13H2,1H3,(H,21,22)/b11-8+. The molecule has 0 bridgehead atoms. The van der Waals surface area contributed by atoms with Crippen molar-refractivity contribution in [2.24, 2.45) is 0 Å². The fourth-order valence-corrected chi connectivity index (χ4v) is 3.39. The van der Waals surface area contributed by atoms with E-state index in [2.05, 4.69) is 21.2 Å². The SMILES string of the molecule is Cc1ccc(CCC(=O)NCCOC(=O)/C=C/c2ccc(Br)s2)cc1. The van der Waals surface area contributed by atoms with Gasteiger partial charge in [0.1, 0.15) is 6.61 Å². The lowest BCUT2D eigenvalue weighted by Crippen LogP contribution is -2.28. The molecule has 0 saturated heterocycles. The van der Waals surface area contributed by atoms with Gasteiger partial charge in [0.2, 0.25) is 5.91 Å². The van der Waals surface area contributed by atoms with Crippen LogP contribution in [0.3, 0.4) is 0 Å². The van der Waals surface area contributed by atoms with E-state index in [0.717, 1.165) is 14.2 Å². The summed E-state index contributed by atoms with van der Waals surface area (Å²) in [5.74, 6) is -0.464. The molecular formula is C19H20BrNO3S. The highest BCUT2D eigenvalue weighted by Gasteiger charge is 2.03. The number of thiophene rings is 1. The number of ether oxygens (including phenoxy) is 1. The molecule has 0 radical (unpaired) electrons. The van der Waals surface area contributed by atoms with Gasteiger partial charge < -0.3 is 10.1 Å². The highest BCUT2D eigenvalue weighted by Crippen LogP contribution is 2.22. The first kappa shape index (κ1) is 19.4. The minimum Gasteiger partial charge on any atom is -0.461 e. The highest BCUT2D eigenvalue weighted by molar-refractivity contribution is 9.11. The van der Waals surface area contributed by atoms with Gasteiger partial charge in [-0.1, -0.05) is 29.8 Å². The van der Waals surface area contributed by atoms with Crippen molar-refractivity contribution < 1.29 is 14.3 Å². The molecule has 0 unspecified atom stereocenters. The topological polar surface area (TPSA) is 55.4 Å². The zero-order valence-electron chi connectivity index (χ0n) is 14.0. The van der Waals surface area contributed by atoms with Crippen LogP contribution in [0, 0.1) is 6.92 Å². The summed E-state index contributed by atoms with van der Waals surface area (Å²) in [5.41, 5.74) is 2.34. The van der Waals surface area contributed by atoms with Gasteiger partial charge in [-0.3, -0.25) is 4.79 Å². The van der Waals surface area contributed by atoms with Gasteiger partial charge in [0.15, 0.2) is 0 Å². The van der Waals surface area contributed by atoms with Crippen LogP contribution in [0.5, 0.6) is 0 Å². The number of carbonyl (C=O) groups excluding carboxylic acids is 2. The van der Waals surface area contributed by atoms with Crippen molar-refractivity contribution in [1.29, 1.82) is 0 Å². The molecule has 0 aliphatic carbocycles. The summed E-state index contributed by atoms with van der Waals surface area (Å²) in [6.45, 7) is 2.51. The van der Waals surface area contributed by atoms with E-state index >= 15 is 0 Å². The molecule has 0 aliphatic rings. The summed E-state index contributed by atoms with van der Waals surface area (Å²) < 4.78 is 6.06. The van der Waals surface area contributed by atoms with Crippen molar-refractivity contribution in [2.45, 2.75) is 19.8 Å². The van der Waals surface area contributed by atoms with Crippen LogP contribution in [-0.2, 0) is 20.7 Å². The number of carbonyl (C=O) groups is 2. The molecule has 0 fully saturated rings. The number of hydrogen-bond acceptors (Lipinski definition) is 4. The molecule has 0 atom stereocenters. The number of amides is 1. The van der Waals surface area contributed by atoms with Crippen LogP contribution in [-0.4, -0.2) is 25.0 Å². The van der Waals surface area contributed by atoms with Gasteiger partial charge in [0.25, 0.3) is 0 Å². The lowest BCUT2D eigenvalue weighted by atomic mass is 10.1. The normalized spacial score (nSPS) is 10.8. The van der Waals surface area contributed by atoms with Crippen LogP contribution in [0.25, 0.3) is 6.08 Å². The number of nitrogens with one attached hydrogen (secondary N) is 1. The van der Waals surface area contributed by atoms with Gasteiger partial charge in [-0.25, -0.2) is 4.79 Å². The Balaban J connectivity index is 1.58. The third-order valence-electron chi connectivity index (χ3n) is 3.41. The van der Waals surface area contributed by atoms with E-state index in [9.17, 15) is 9.59 Å². The Morgan fingerprint density at radius 2 is 1.96 bits per heavy atom. The average Bonchev–Trinajstić information content (AvgIpc) is 3.02. The van der Waals surface area contributed by atoms with E-state index in [1.165, 1.54) is 23.0 Å². The summed E-state index contributed by atoms with van der Waals surface area (Å²) in [6, 6.07) is 12.0. The summed E-state index contributed by atoms with van der Waals surface area (Å²) in [6.07, 6.45) is 4.21. The smallest absolute Gasteiger partial charge is 0.330 e. The number of hydrogen-bond donors (Lipinski definition) is 1. The molecule has 2 aromatic rings. The third kappa shape index (κ3) is 7.67. The summed E-state index contributed by atoms with van der Waals surface area (Å²) in [7, 11) is 0. The van der Waals surface area contributed by atoms with E-state index in [1.807, 2.05) is 43.3 Å². The predicted molar refractivity (Wildman–Crippen MR) is 105 cm³/mol. The maximum absolute atomic E-state index is 11.8. The van der Waals surface area contributed by atoms with Crippen LogP contribution in [0.1, 0.15) is 22.4 Å². The average molecular weight is 422 g/mol. The van der Waals surface area contributed by atoms with Crippen LogP contribution in [0.15, 0.2) is 46.3 Å². The Morgan fingerprint density at radius 3 is 2.64 bits per heavy atom. The zero-order valence-corrected chi connectivity index (χ0v) is 16.4. The van der Waals surface area contributed by atoms with Crippen LogP contribution < -0.4 is 5.32 Å². The molecule has 1 aromatic heterocycles. The van der Waals surface area contributed by atoms with Gasteiger partial charge in [-0.05, 0) is 53.0 Å². The highest BCUT2D eigenvalue weighted by atomic mass is 79.9. The first-order valence-electron chi connectivity index (χ1n) is 7.95. The van der Waals surface area contributed by atoms with Crippen LogP contribution in [0.4, 0.5) is 0 Å². The van der Waals surface area contributed by atoms with Gasteiger partial charge in [-0.2, -0.15) is 0 Å². The van der Waals surface area contributed by atoms with Crippen molar-refractivity contribution in [3.05, 3.63) is 62.3 Å². The fourth-order valence-electron chi connectivity index (χ4n) is 2.06. The molecule has 1 amide bonds. The second-order valence-corrected chi connectivity index (χ2v) is 7.97. The minimum absolute atomic E-state index is 0.0457. The lowest BCUT2D eigenvalue weighted by Gasteiger charge is -2.06. The number of benzene rings is 1. The van der Waals surface area contributed by atoms with E-state index in [0.29, 0.717) is 19.4 Å². The van der Waals surface area contributed by atoms with E-state index < -0.39 is 5.97 Å². The van der Waals surface area contributed by atoms with Crippen molar-refractivity contribution in [2.75, 3.05) is 13.2 Å². The van der Waals surface area contributed by atoms with Gasteiger partial charge in [0.05, 0.1) is 10.3 Å². The molecule has 0 spiro atoms. The molecule has 1 heterocycles. The molecule has 6 heteroatoms. The summed E-state index contributed by atoms with van der Waals surface area (Å²) in [5, 5.41) is 2.75. The van der Waals surface area contributed by atoms with Crippen molar-refractivity contribution in [3.8, 4) is 0 Å². The van der Waals surface area contributed by atoms with E-state index in [4.69, 9.17) is 4.74 Å². The molecule has 25 heavy (non-hydrogen) atoms. The Hall–Kier alpha value is -1.92. The van der Waals surface area contributed by atoms with E-state index in [1.54, 1.807) is 6.08 Å². The van der Waals surface area contributed by atoms with Crippen LogP contribution >= 0.6 is 27.3 Å². The predicted octanol–water partition coefficient (Wildman–Crippen LogP) is 4.12. The maximum atomic E-state index is 11.8. The first-order valence-corrected chi connectivity index (χ1v) is 9.56. The van der Waals surface area contributed by atoms with Crippen molar-refractivity contribution in [1.82, 2.24) is 5.32 Å². The number of esters is 1. The Kier molecular flexibility index (Phi) is 7.88. The second kappa shape index (κ2) is 10.2. The van der Waals surface area contributed by atoms with Crippen molar-refractivity contribution >= 4 is 45.2 Å². The Labute approximate surface area is 160 Å². The number of aryl methyl sites for hydroxylation is 2. The number of halogens is 1. The van der Waals surface area contributed by atoms with Gasteiger partial charge >= 0.3 is 5.97 Å². The molecule has 1 N–H and O–H groups in total. The second-order valence-electron chi connectivity index (χ2n) is 5.48. The quantitative estimate of drug-likeness (QED) is 0.396. The first-order chi connectivity index (χ1) is 12.0. The van der Waals surface area contributed by atoms with Gasteiger partial charge in [0, 0.05) is 17.4 Å². The van der Waals surface area contributed by atoms with Crippen molar-refractivity contribution in [3.63, 3.8) is 0 Å². The lowest BCUT2D eigenvalue weighted by molar-refractivity contribution is -0.138. The zero-order chi connectivity index (χ0) is 18.1. The van der Waals surface area contributed by atoms with Crippen LogP contribution in [0.2, 0.25) is 0 Å². The summed E-state index contributed by atoms with van der Waals surface area (Å²) in [4.78, 5) is 24.3. The minimum atomic E-state index is -0.418. The maximum Gasteiger partial charge on any atom is 0.330 e. The molecular weight excluding hydrogens is 402 g/mol. The third-order valence-corrected chi connectivity index (χ3v) is 5.00. The largest absolute Gasteiger partial charge is 0.461 e. The summed E-state index contributed by atoms with van der Waals surface area (Å²) >= 11 is 4.89.